The van der Waals surface area contributed by atoms with Crippen molar-refractivity contribution >= 4 is 17.7 Å². The van der Waals surface area contributed by atoms with Gasteiger partial charge in [-0.05, 0) is 18.2 Å². The number of piperazine rings is 1. The summed E-state index contributed by atoms with van der Waals surface area (Å²) in [4.78, 5) is 27.8. The van der Waals surface area contributed by atoms with Gasteiger partial charge in [-0.15, -0.1) is 0 Å². The third kappa shape index (κ3) is 2.91. The molecule has 2 aromatic heterocycles. The van der Waals surface area contributed by atoms with Crippen molar-refractivity contribution in [2.24, 2.45) is 0 Å². The molecule has 0 aliphatic carbocycles. The number of carboxylic acid groups (broad SMARTS) is 1. The number of pyridine rings is 1. The summed E-state index contributed by atoms with van der Waals surface area (Å²) < 4.78 is 0. The zero-order chi connectivity index (χ0) is 14.7. The molecule has 0 bridgehead atoms. The van der Waals surface area contributed by atoms with Crippen LogP contribution in [0.25, 0.3) is 0 Å². The number of aromatic carboxylic acids is 1. The summed E-state index contributed by atoms with van der Waals surface area (Å²) in [5.41, 5.74) is 0.0707. The molecule has 1 N–H and O–H groups in total. The smallest absolute Gasteiger partial charge is 0.354 e. The van der Waals surface area contributed by atoms with Crippen LogP contribution in [0.15, 0.2) is 36.7 Å². The molecule has 3 heterocycles. The van der Waals surface area contributed by atoms with Gasteiger partial charge in [0.25, 0.3) is 0 Å². The molecule has 1 aliphatic heterocycles. The number of rotatable bonds is 3. The van der Waals surface area contributed by atoms with Crippen LogP contribution >= 0.6 is 0 Å². The van der Waals surface area contributed by atoms with E-state index in [2.05, 4.69) is 24.8 Å². The Morgan fingerprint density at radius 1 is 1.00 bits per heavy atom. The van der Waals surface area contributed by atoms with Crippen LogP contribution in [-0.4, -0.2) is 52.2 Å². The van der Waals surface area contributed by atoms with E-state index in [1.54, 1.807) is 24.5 Å². The quantitative estimate of drug-likeness (QED) is 0.897. The number of aromatic nitrogens is 3. The Morgan fingerprint density at radius 2 is 1.67 bits per heavy atom. The summed E-state index contributed by atoms with van der Waals surface area (Å²) in [6.45, 7) is 3.08. The van der Waals surface area contributed by atoms with Gasteiger partial charge in [0.2, 0.25) is 5.95 Å². The maximum Gasteiger partial charge on any atom is 0.354 e. The molecule has 21 heavy (non-hydrogen) atoms. The van der Waals surface area contributed by atoms with Crippen LogP contribution in [-0.2, 0) is 0 Å². The molecule has 108 valence electrons. The number of carboxylic acids is 1. The minimum Gasteiger partial charge on any atom is -0.477 e. The van der Waals surface area contributed by atoms with Crippen LogP contribution in [0, 0.1) is 0 Å². The molecule has 1 aliphatic rings. The highest BCUT2D eigenvalue weighted by atomic mass is 16.4. The van der Waals surface area contributed by atoms with Crippen LogP contribution in [0.2, 0.25) is 0 Å². The second-order valence-corrected chi connectivity index (χ2v) is 4.71. The van der Waals surface area contributed by atoms with E-state index >= 15 is 0 Å². The van der Waals surface area contributed by atoms with Crippen molar-refractivity contribution in [3.05, 3.63) is 42.4 Å². The number of carbonyl (C=O) groups is 1. The van der Waals surface area contributed by atoms with Crippen molar-refractivity contribution < 1.29 is 9.90 Å². The second kappa shape index (κ2) is 5.74. The number of hydrogen-bond donors (Lipinski definition) is 1. The van der Waals surface area contributed by atoms with Crippen LogP contribution in [0.5, 0.6) is 0 Å². The first kappa shape index (κ1) is 13.3. The van der Waals surface area contributed by atoms with E-state index in [-0.39, 0.29) is 5.69 Å². The third-order valence-electron chi connectivity index (χ3n) is 3.39. The fraction of sp³-hybridized carbons (Fsp3) is 0.286. The van der Waals surface area contributed by atoms with Crippen molar-refractivity contribution in [3.63, 3.8) is 0 Å². The van der Waals surface area contributed by atoms with Gasteiger partial charge in [0.15, 0.2) is 5.69 Å². The molecule has 0 amide bonds. The van der Waals surface area contributed by atoms with Crippen LogP contribution < -0.4 is 9.80 Å². The lowest BCUT2D eigenvalue weighted by Crippen LogP contribution is -2.47. The molecule has 0 atom stereocenters. The molecule has 3 rings (SSSR count). The lowest BCUT2D eigenvalue weighted by atomic mass is 10.3. The van der Waals surface area contributed by atoms with Crippen LogP contribution in [0.4, 0.5) is 11.8 Å². The molecule has 1 saturated heterocycles. The largest absolute Gasteiger partial charge is 0.477 e. The van der Waals surface area contributed by atoms with E-state index in [9.17, 15) is 4.79 Å². The Bertz CT molecular complexity index is 626. The maximum atomic E-state index is 11.0. The minimum absolute atomic E-state index is 0.0707. The third-order valence-corrected chi connectivity index (χ3v) is 3.39. The van der Waals surface area contributed by atoms with E-state index in [0.29, 0.717) is 5.82 Å². The standard InChI is InChI=1S/C14H15N5O2/c20-13(21)11-3-1-4-12(17-11)18-7-9-19(10-8-18)14-15-5-2-6-16-14/h1-6H,7-10H2,(H,20,21). The molecule has 2 aromatic rings. The van der Waals surface area contributed by atoms with Gasteiger partial charge in [-0.3, -0.25) is 0 Å². The Morgan fingerprint density at radius 3 is 2.33 bits per heavy atom. The van der Waals surface area contributed by atoms with Gasteiger partial charge in [-0.2, -0.15) is 0 Å². The molecular weight excluding hydrogens is 270 g/mol. The van der Waals surface area contributed by atoms with Crippen LogP contribution in [0.1, 0.15) is 10.5 Å². The molecule has 0 aromatic carbocycles. The van der Waals surface area contributed by atoms with Gasteiger partial charge in [0.1, 0.15) is 5.82 Å². The highest BCUT2D eigenvalue weighted by Gasteiger charge is 2.20. The van der Waals surface area contributed by atoms with Gasteiger partial charge >= 0.3 is 5.97 Å². The van der Waals surface area contributed by atoms with Gasteiger partial charge in [0.05, 0.1) is 0 Å². The first-order chi connectivity index (χ1) is 10.2. The van der Waals surface area contributed by atoms with Crippen LogP contribution in [0.3, 0.4) is 0 Å². The van der Waals surface area contributed by atoms with Gasteiger partial charge in [-0.1, -0.05) is 6.07 Å². The van der Waals surface area contributed by atoms with Crippen molar-refractivity contribution in [1.29, 1.82) is 0 Å². The Kier molecular flexibility index (Phi) is 3.63. The highest BCUT2D eigenvalue weighted by Crippen LogP contribution is 2.16. The molecule has 7 nitrogen and oxygen atoms in total. The Hall–Kier alpha value is -2.70. The predicted octanol–water partition coefficient (Wildman–Crippen LogP) is 0.896. The number of hydrogen-bond acceptors (Lipinski definition) is 6. The van der Waals surface area contributed by atoms with E-state index in [1.807, 2.05) is 6.07 Å². The summed E-state index contributed by atoms with van der Waals surface area (Å²) >= 11 is 0. The molecule has 0 spiro atoms. The first-order valence-corrected chi connectivity index (χ1v) is 6.71. The van der Waals surface area contributed by atoms with Crippen molar-refractivity contribution in [2.75, 3.05) is 36.0 Å². The fourth-order valence-electron chi connectivity index (χ4n) is 2.31. The van der Waals surface area contributed by atoms with Crippen molar-refractivity contribution in [1.82, 2.24) is 15.0 Å². The van der Waals surface area contributed by atoms with Crippen molar-refractivity contribution in [3.8, 4) is 0 Å². The fourth-order valence-corrected chi connectivity index (χ4v) is 2.31. The summed E-state index contributed by atoms with van der Waals surface area (Å²) in [5, 5.41) is 8.99. The Labute approximate surface area is 121 Å². The average molecular weight is 285 g/mol. The van der Waals surface area contributed by atoms with Gasteiger partial charge in [0, 0.05) is 38.6 Å². The molecule has 0 saturated carbocycles. The molecule has 1 fully saturated rings. The van der Waals surface area contributed by atoms with E-state index in [0.717, 1.165) is 32.1 Å². The minimum atomic E-state index is -1.01. The lowest BCUT2D eigenvalue weighted by molar-refractivity contribution is 0.0690. The molecule has 0 unspecified atom stereocenters. The zero-order valence-electron chi connectivity index (χ0n) is 11.4. The zero-order valence-corrected chi connectivity index (χ0v) is 11.4. The summed E-state index contributed by atoms with van der Waals surface area (Å²) in [7, 11) is 0. The summed E-state index contributed by atoms with van der Waals surface area (Å²) in [6.07, 6.45) is 3.46. The average Bonchev–Trinajstić information content (AvgIpc) is 2.56. The topological polar surface area (TPSA) is 82.5 Å². The number of nitrogens with zero attached hydrogens (tertiary/aromatic N) is 5. The molecular formula is C14H15N5O2. The van der Waals surface area contributed by atoms with E-state index in [1.165, 1.54) is 6.07 Å². The Balaban J connectivity index is 1.68. The lowest BCUT2D eigenvalue weighted by Gasteiger charge is -2.35. The number of anilines is 2. The van der Waals surface area contributed by atoms with E-state index in [4.69, 9.17) is 5.11 Å². The molecule has 7 heteroatoms. The van der Waals surface area contributed by atoms with Gasteiger partial charge < -0.3 is 14.9 Å². The highest BCUT2D eigenvalue weighted by molar-refractivity contribution is 5.85. The summed E-state index contributed by atoms with van der Waals surface area (Å²) in [5.74, 6) is 0.418. The monoisotopic (exact) mass is 285 g/mol. The summed E-state index contributed by atoms with van der Waals surface area (Å²) in [6, 6.07) is 6.85. The first-order valence-electron chi connectivity index (χ1n) is 6.71. The maximum absolute atomic E-state index is 11.0. The second-order valence-electron chi connectivity index (χ2n) is 4.71. The molecule has 0 radical (unpaired) electrons. The normalized spacial score (nSPS) is 15.0. The van der Waals surface area contributed by atoms with Gasteiger partial charge in [-0.25, -0.2) is 19.7 Å². The van der Waals surface area contributed by atoms with E-state index < -0.39 is 5.97 Å². The van der Waals surface area contributed by atoms with Crippen molar-refractivity contribution in [2.45, 2.75) is 0 Å². The SMILES string of the molecule is O=C(O)c1cccc(N2CCN(c3ncccn3)CC2)n1. The predicted molar refractivity (Wildman–Crippen MR) is 77.7 cm³/mol.